The van der Waals surface area contributed by atoms with Crippen molar-refractivity contribution in [1.82, 2.24) is 0 Å². The van der Waals surface area contributed by atoms with Crippen LogP contribution in [0.1, 0.15) is 71.6 Å². The van der Waals surface area contributed by atoms with Crippen LogP contribution >= 0.6 is 0 Å². The molecule has 0 amide bonds. The molecule has 1 saturated heterocycles. The van der Waals surface area contributed by atoms with Gasteiger partial charge < -0.3 is 44.5 Å². The van der Waals surface area contributed by atoms with Crippen molar-refractivity contribution in [3.05, 3.63) is 11.6 Å². The Morgan fingerprint density at radius 3 is 2.41 bits per heavy atom. The largest absolute Gasteiger partial charge is 0.458 e. The van der Waals surface area contributed by atoms with Crippen molar-refractivity contribution in [1.29, 1.82) is 0 Å². The summed E-state index contributed by atoms with van der Waals surface area (Å²) in [5.41, 5.74) is -2.86. The highest BCUT2D eigenvalue weighted by atomic mass is 16.7. The second kappa shape index (κ2) is 9.31. The number of carbonyl (C=O) groups excluding carboxylic acids is 2. The number of fused-ring (bicyclic) bond motifs is 5. The Bertz CT molecular complexity index is 1050. The highest BCUT2D eigenvalue weighted by Crippen LogP contribution is 2.70. The molecule has 4 aliphatic carbocycles. The molecule has 218 valence electrons. The molecule has 13 atom stereocenters. The molecule has 0 radical (unpaired) electrons. The third kappa shape index (κ3) is 3.78. The van der Waals surface area contributed by atoms with Crippen LogP contribution in [-0.2, 0) is 23.8 Å². The number of hydrogen-bond acceptors (Lipinski definition) is 10. The lowest BCUT2D eigenvalue weighted by atomic mass is 9.41. The minimum Gasteiger partial charge on any atom is -0.458 e. The normalized spacial score (nSPS) is 55.2. The Hall–Kier alpha value is -1.40. The first-order valence-electron chi connectivity index (χ1n) is 14.5. The summed E-state index contributed by atoms with van der Waals surface area (Å²) >= 11 is 0. The molecule has 39 heavy (non-hydrogen) atoms. The highest BCUT2D eigenvalue weighted by molar-refractivity contribution is 5.85. The predicted octanol–water partition coefficient (Wildman–Crippen LogP) is 0.750. The number of cyclic esters (lactones) is 1. The molecule has 10 nitrogen and oxygen atoms in total. The van der Waals surface area contributed by atoms with Crippen LogP contribution in [0.25, 0.3) is 0 Å². The standard InChI is InChI=1S/C29H42O10/c1-15-22(32)23(33)24(34)25(38-15)39-17-3-8-27(14-30)19-4-7-26(2)18(16-11-21(31)37-13-16)6-10-29(26,36)20(19)5-9-28(27,35)12-17/h11,14-15,17-20,22-25,32-36H,3-10,12-13H2,1-2H3/t15-,17+,18-,19+,20+,22-,23-,24+,25+,26+,27-,28-,29-/m0/s1. The Balaban J connectivity index is 1.22. The van der Waals surface area contributed by atoms with Gasteiger partial charge in [-0.3, -0.25) is 0 Å². The van der Waals surface area contributed by atoms with E-state index in [9.17, 15) is 35.1 Å². The lowest BCUT2D eigenvalue weighted by Gasteiger charge is -2.65. The number of ether oxygens (including phenoxy) is 3. The van der Waals surface area contributed by atoms with Gasteiger partial charge in [-0.1, -0.05) is 6.92 Å². The van der Waals surface area contributed by atoms with E-state index in [1.54, 1.807) is 13.0 Å². The molecule has 0 aromatic heterocycles. The Morgan fingerprint density at radius 2 is 1.72 bits per heavy atom. The summed E-state index contributed by atoms with van der Waals surface area (Å²) in [6.07, 6.45) is 0.689. The topological polar surface area (TPSA) is 163 Å². The van der Waals surface area contributed by atoms with E-state index in [1.807, 2.05) is 0 Å². The van der Waals surface area contributed by atoms with Gasteiger partial charge in [-0.2, -0.15) is 0 Å². The maximum absolute atomic E-state index is 13.0. The van der Waals surface area contributed by atoms with Crippen LogP contribution in [0.4, 0.5) is 0 Å². The van der Waals surface area contributed by atoms with Crippen LogP contribution in [0.5, 0.6) is 0 Å². The average molecular weight is 551 g/mol. The van der Waals surface area contributed by atoms with E-state index in [1.165, 1.54) is 0 Å². The van der Waals surface area contributed by atoms with Gasteiger partial charge in [-0.05, 0) is 81.6 Å². The smallest absolute Gasteiger partial charge is 0.331 e. The van der Waals surface area contributed by atoms with E-state index < -0.39 is 58.8 Å². The van der Waals surface area contributed by atoms with E-state index in [4.69, 9.17) is 14.2 Å². The van der Waals surface area contributed by atoms with Gasteiger partial charge in [-0.15, -0.1) is 0 Å². The number of esters is 1. The average Bonchev–Trinajstić information content (AvgIpc) is 3.45. The Morgan fingerprint density at radius 1 is 0.974 bits per heavy atom. The Kier molecular flexibility index (Phi) is 6.62. The summed E-state index contributed by atoms with van der Waals surface area (Å²) in [6.45, 7) is 3.98. The van der Waals surface area contributed by atoms with Gasteiger partial charge in [0.1, 0.15) is 31.2 Å². The SMILES string of the molecule is C[C@@H]1O[C@H](O[C@@H]2CC[C@]3(C=O)[C@@H]4CC[C@]5(C)[C@H](C6=CC(=O)OC6)CC[C@]5(O)[C@@H]4CC[C@]3(O)C2)[C@H](O)[C@@H](O)[C@H]1O. The molecule has 0 aromatic carbocycles. The molecule has 0 bridgehead atoms. The first kappa shape index (κ1) is 27.8. The molecule has 6 aliphatic rings. The van der Waals surface area contributed by atoms with Crippen LogP contribution in [-0.4, -0.2) is 92.4 Å². The molecule has 5 N–H and O–H groups in total. The number of aldehydes is 1. The van der Waals surface area contributed by atoms with Gasteiger partial charge in [0, 0.05) is 17.9 Å². The second-order valence-electron chi connectivity index (χ2n) is 13.4. The van der Waals surface area contributed by atoms with Crippen LogP contribution in [0, 0.1) is 28.6 Å². The van der Waals surface area contributed by atoms with E-state index in [2.05, 4.69) is 6.92 Å². The molecule has 2 heterocycles. The van der Waals surface area contributed by atoms with Crippen LogP contribution in [0.15, 0.2) is 11.6 Å². The van der Waals surface area contributed by atoms with Crippen LogP contribution < -0.4 is 0 Å². The van der Waals surface area contributed by atoms with E-state index in [0.717, 1.165) is 18.3 Å². The van der Waals surface area contributed by atoms with Crippen molar-refractivity contribution in [2.75, 3.05) is 6.61 Å². The molecular formula is C29H42O10. The molecule has 0 aromatic rings. The van der Waals surface area contributed by atoms with Gasteiger partial charge in [-0.25, -0.2) is 4.79 Å². The number of rotatable bonds is 4. The molecule has 5 fully saturated rings. The Labute approximate surface area is 228 Å². The van der Waals surface area contributed by atoms with Crippen molar-refractivity contribution < 1.29 is 49.3 Å². The predicted molar refractivity (Wildman–Crippen MR) is 135 cm³/mol. The van der Waals surface area contributed by atoms with E-state index in [0.29, 0.717) is 44.9 Å². The van der Waals surface area contributed by atoms with Gasteiger partial charge >= 0.3 is 5.97 Å². The molecule has 10 heteroatoms. The maximum atomic E-state index is 13.0. The quantitative estimate of drug-likeness (QED) is 0.192. The lowest BCUT2D eigenvalue weighted by Crippen LogP contribution is -2.69. The van der Waals surface area contributed by atoms with Crippen molar-refractivity contribution in [3.63, 3.8) is 0 Å². The maximum Gasteiger partial charge on any atom is 0.331 e. The zero-order valence-corrected chi connectivity index (χ0v) is 22.7. The molecular weight excluding hydrogens is 508 g/mol. The fourth-order valence-electron chi connectivity index (χ4n) is 9.75. The first-order valence-corrected chi connectivity index (χ1v) is 14.5. The number of carbonyl (C=O) groups is 2. The number of aliphatic hydroxyl groups excluding tert-OH is 3. The first-order chi connectivity index (χ1) is 18.4. The molecule has 0 spiro atoms. The van der Waals surface area contributed by atoms with Gasteiger partial charge in [0.2, 0.25) is 0 Å². The molecule has 4 saturated carbocycles. The fourth-order valence-corrected chi connectivity index (χ4v) is 9.75. The third-order valence-corrected chi connectivity index (χ3v) is 12.0. The summed E-state index contributed by atoms with van der Waals surface area (Å²) in [7, 11) is 0. The van der Waals surface area contributed by atoms with E-state index >= 15 is 0 Å². The van der Waals surface area contributed by atoms with E-state index in [-0.39, 0.29) is 36.8 Å². The zero-order chi connectivity index (χ0) is 28.0. The minimum absolute atomic E-state index is 0.0465. The van der Waals surface area contributed by atoms with Gasteiger partial charge in [0.15, 0.2) is 6.29 Å². The van der Waals surface area contributed by atoms with Crippen molar-refractivity contribution >= 4 is 12.3 Å². The summed E-state index contributed by atoms with van der Waals surface area (Å²) in [6, 6.07) is 0. The summed E-state index contributed by atoms with van der Waals surface area (Å²) in [5.74, 6) is -0.616. The molecule has 6 rings (SSSR count). The van der Waals surface area contributed by atoms with Crippen LogP contribution in [0.2, 0.25) is 0 Å². The van der Waals surface area contributed by atoms with Crippen molar-refractivity contribution in [2.24, 2.45) is 28.6 Å². The molecule has 0 unspecified atom stereocenters. The molecule has 2 aliphatic heterocycles. The summed E-state index contributed by atoms with van der Waals surface area (Å²) in [4.78, 5) is 24.8. The van der Waals surface area contributed by atoms with Crippen LogP contribution in [0.3, 0.4) is 0 Å². The number of hydrogen-bond donors (Lipinski definition) is 5. The third-order valence-electron chi connectivity index (χ3n) is 12.0. The van der Waals surface area contributed by atoms with Gasteiger partial charge in [0.25, 0.3) is 0 Å². The summed E-state index contributed by atoms with van der Waals surface area (Å²) < 4.78 is 16.9. The summed E-state index contributed by atoms with van der Waals surface area (Å²) in [5, 5.41) is 55.0. The van der Waals surface area contributed by atoms with Crippen molar-refractivity contribution in [3.8, 4) is 0 Å². The number of aliphatic hydroxyl groups is 5. The highest BCUT2D eigenvalue weighted by Gasteiger charge is 2.71. The second-order valence-corrected chi connectivity index (χ2v) is 13.4. The minimum atomic E-state index is -1.43. The van der Waals surface area contributed by atoms with Gasteiger partial charge in [0.05, 0.1) is 28.8 Å². The monoisotopic (exact) mass is 550 g/mol. The lowest BCUT2D eigenvalue weighted by molar-refractivity contribution is -0.317. The zero-order valence-electron chi connectivity index (χ0n) is 22.7. The van der Waals surface area contributed by atoms with Crippen molar-refractivity contribution in [2.45, 2.75) is 120 Å². The fraction of sp³-hybridized carbons (Fsp3) is 0.862.